The smallest absolute Gasteiger partial charge is 0.300 e. The van der Waals surface area contributed by atoms with Crippen molar-refractivity contribution in [2.24, 2.45) is 17.6 Å². The van der Waals surface area contributed by atoms with Gasteiger partial charge in [-0.05, 0) is 30.9 Å². The van der Waals surface area contributed by atoms with Gasteiger partial charge >= 0.3 is 0 Å². The van der Waals surface area contributed by atoms with Gasteiger partial charge < -0.3 is 10.6 Å². The minimum atomic E-state index is -0.621. The van der Waals surface area contributed by atoms with Crippen LogP contribution >= 0.6 is 11.6 Å². The fourth-order valence-electron chi connectivity index (χ4n) is 2.55. The van der Waals surface area contributed by atoms with Crippen molar-refractivity contribution in [1.29, 1.82) is 0 Å². The van der Waals surface area contributed by atoms with Gasteiger partial charge in [0.1, 0.15) is 16.9 Å². The van der Waals surface area contributed by atoms with Crippen LogP contribution in [0, 0.1) is 22.0 Å². The van der Waals surface area contributed by atoms with Gasteiger partial charge in [0.25, 0.3) is 11.6 Å². The summed E-state index contributed by atoms with van der Waals surface area (Å²) in [5.41, 5.74) is 5.37. The lowest BCUT2D eigenvalue weighted by atomic mass is 9.87. The van der Waals surface area contributed by atoms with Gasteiger partial charge in [0.15, 0.2) is 0 Å². The summed E-state index contributed by atoms with van der Waals surface area (Å²) in [5.74, 6) is 0.255. The molecular formula is C13H17ClN4O3. The van der Waals surface area contributed by atoms with Gasteiger partial charge in [-0.1, -0.05) is 18.5 Å². The van der Waals surface area contributed by atoms with Gasteiger partial charge in [-0.3, -0.25) is 14.9 Å². The highest BCUT2D eigenvalue weighted by Crippen LogP contribution is 2.27. The number of piperidine rings is 1. The maximum Gasteiger partial charge on any atom is 0.300 e. The van der Waals surface area contributed by atoms with Crippen LogP contribution in [-0.4, -0.2) is 40.3 Å². The number of amides is 1. The summed E-state index contributed by atoms with van der Waals surface area (Å²) in [4.78, 5) is 28.2. The van der Waals surface area contributed by atoms with Crippen LogP contribution in [0.3, 0.4) is 0 Å². The second-order valence-electron chi connectivity index (χ2n) is 5.29. The normalized spacial score (nSPS) is 22.1. The highest BCUT2D eigenvalue weighted by atomic mass is 35.5. The predicted octanol–water partition coefficient (Wildman–Crippen LogP) is 1.70. The molecule has 0 radical (unpaired) electrons. The van der Waals surface area contributed by atoms with E-state index in [2.05, 4.69) is 11.9 Å². The fourth-order valence-corrected chi connectivity index (χ4v) is 2.71. The number of nitrogens with two attached hydrogens (primary N) is 1. The largest absolute Gasteiger partial charge is 0.338 e. The predicted molar refractivity (Wildman–Crippen MR) is 78.1 cm³/mol. The van der Waals surface area contributed by atoms with Gasteiger partial charge in [0.05, 0.1) is 4.92 Å². The van der Waals surface area contributed by atoms with Crippen LogP contribution in [0.5, 0.6) is 0 Å². The lowest BCUT2D eigenvalue weighted by Crippen LogP contribution is -2.45. The van der Waals surface area contributed by atoms with Crippen LogP contribution in [-0.2, 0) is 0 Å². The van der Waals surface area contributed by atoms with Gasteiger partial charge in [-0.2, -0.15) is 0 Å². The Morgan fingerprint density at radius 3 is 3.00 bits per heavy atom. The number of aromatic nitrogens is 1. The minimum Gasteiger partial charge on any atom is -0.338 e. The molecule has 1 fully saturated rings. The third-order valence-electron chi connectivity index (χ3n) is 3.98. The van der Waals surface area contributed by atoms with Crippen LogP contribution < -0.4 is 5.73 Å². The number of hydrogen-bond donors (Lipinski definition) is 1. The number of carbonyl (C=O) groups excluding carboxylic acids is 1. The van der Waals surface area contributed by atoms with Crippen molar-refractivity contribution in [2.45, 2.75) is 13.3 Å². The first kappa shape index (κ1) is 15.7. The number of halogens is 1. The summed E-state index contributed by atoms with van der Waals surface area (Å²) in [6.07, 6.45) is 1.85. The molecule has 2 rings (SSSR count). The van der Waals surface area contributed by atoms with Crippen LogP contribution in [0.15, 0.2) is 12.3 Å². The quantitative estimate of drug-likeness (QED) is 0.520. The molecule has 2 unspecified atom stereocenters. The number of likely N-dealkylation sites (tertiary alicyclic amines) is 1. The Kier molecular flexibility index (Phi) is 4.74. The molecule has 1 aromatic rings. The first-order chi connectivity index (χ1) is 9.93. The number of carbonyl (C=O) groups is 1. The van der Waals surface area contributed by atoms with Crippen molar-refractivity contribution in [2.75, 3.05) is 19.6 Å². The molecule has 0 bridgehead atoms. The fraction of sp³-hybridized carbons (Fsp3) is 0.538. The monoisotopic (exact) mass is 312 g/mol. The topological polar surface area (TPSA) is 102 Å². The van der Waals surface area contributed by atoms with Crippen molar-refractivity contribution in [3.63, 3.8) is 0 Å². The second kappa shape index (κ2) is 6.36. The third kappa shape index (κ3) is 3.30. The van der Waals surface area contributed by atoms with E-state index in [1.807, 2.05) is 0 Å². The van der Waals surface area contributed by atoms with Crippen LogP contribution in [0.4, 0.5) is 5.69 Å². The Labute approximate surface area is 127 Å². The Morgan fingerprint density at radius 1 is 1.67 bits per heavy atom. The Hall–Kier alpha value is -1.73. The summed E-state index contributed by atoms with van der Waals surface area (Å²) in [6, 6.07) is 1.25. The molecule has 1 aliphatic heterocycles. The zero-order chi connectivity index (χ0) is 15.6. The van der Waals surface area contributed by atoms with Crippen molar-refractivity contribution in [3.8, 4) is 0 Å². The van der Waals surface area contributed by atoms with E-state index in [0.29, 0.717) is 25.6 Å². The van der Waals surface area contributed by atoms with E-state index in [9.17, 15) is 14.9 Å². The van der Waals surface area contributed by atoms with Gasteiger partial charge in [-0.15, -0.1) is 0 Å². The molecular weight excluding hydrogens is 296 g/mol. The summed E-state index contributed by atoms with van der Waals surface area (Å²) in [7, 11) is 0. The average Bonchev–Trinajstić information content (AvgIpc) is 2.46. The SMILES string of the molecule is CC1CCN(C(=O)c2cc(Cl)ncc2[N+](=O)[O-])CC1CN. The van der Waals surface area contributed by atoms with E-state index in [0.717, 1.165) is 12.6 Å². The molecule has 1 aliphatic rings. The molecule has 8 heteroatoms. The van der Waals surface area contributed by atoms with E-state index < -0.39 is 10.8 Å². The molecule has 0 aromatic carbocycles. The van der Waals surface area contributed by atoms with Crippen molar-refractivity contribution < 1.29 is 9.72 Å². The Morgan fingerprint density at radius 2 is 2.38 bits per heavy atom. The number of nitrogens with zero attached hydrogens (tertiary/aromatic N) is 3. The lowest BCUT2D eigenvalue weighted by molar-refractivity contribution is -0.385. The highest BCUT2D eigenvalue weighted by Gasteiger charge is 2.31. The maximum atomic E-state index is 12.5. The van der Waals surface area contributed by atoms with E-state index in [4.69, 9.17) is 17.3 Å². The van der Waals surface area contributed by atoms with Crippen LogP contribution in [0.2, 0.25) is 5.15 Å². The summed E-state index contributed by atoms with van der Waals surface area (Å²) < 4.78 is 0. The maximum absolute atomic E-state index is 12.5. The minimum absolute atomic E-state index is 0.0228. The average molecular weight is 313 g/mol. The van der Waals surface area contributed by atoms with E-state index in [1.54, 1.807) is 4.90 Å². The highest BCUT2D eigenvalue weighted by molar-refractivity contribution is 6.29. The van der Waals surface area contributed by atoms with Crippen molar-refractivity contribution >= 4 is 23.2 Å². The summed E-state index contributed by atoms with van der Waals surface area (Å²) in [5, 5.41) is 11.1. The van der Waals surface area contributed by atoms with E-state index in [1.165, 1.54) is 6.07 Å². The molecule has 21 heavy (non-hydrogen) atoms. The number of rotatable bonds is 3. The Balaban J connectivity index is 2.28. The van der Waals surface area contributed by atoms with Crippen molar-refractivity contribution in [3.05, 3.63) is 33.1 Å². The number of pyridine rings is 1. The van der Waals surface area contributed by atoms with Crippen molar-refractivity contribution in [1.82, 2.24) is 9.88 Å². The second-order valence-corrected chi connectivity index (χ2v) is 5.68. The summed E-state index contributed by atoms with van der Waals surface area (Å²) >= 11 is 5.76. The summed E-state index contributed by atoms with van der Waals surface area (Å²) in [6.45, 7) is 3.66. The van der Waals surface area contributed by atoms with E-state index in [-0.39, 0.29) is 22.3 Å². The number of nitro groups is 1. The molecule has 2 atom stereocenters. The molecule has 2 N–H and O–H groups in total. The van der Waals surface area contributed by atoms with Crippen LogP contribution in [0.1, 0.15) is 23.7 Å². The lowest BCUT2D eigenvalue weighted by Gasteiger charge is -2.36. The van der Waals surface area contributed by atoms with Gasteiger partial charge in [0, 0.05) is 13.1 Å². The first-order valence-electron chi connectivity index (χ1n) is 6.73. The third-order valence-corrected chi connectivity index (χ3v) is 4.19. The zero-order valence-electron chi connectivity index (χ0n) is 11.7. The molecule has 1 amide bonds. The molecule has 1 aromatic heterocycles. The van der Waals surface area contributed by atoms with E-state index >= 15 is 0 Å². The number of hydrogen-bond acceptors (Lipinski definition) is 5. The first-order valence-corrected chi connectivity index (χ1v) is 7.11. The Bertz CT molecular complexity index is 566. The van der Waals surface area contributed by atoms with Gasteiger partial charge in [0.2, 0.25) is 0 Å². The van der Waals surface area contributed by atoms with Gasteiger partial charge in [-0.25, -0.2) is 4.98 Å². The molecule has 114 valence electrons. The molecule has 2 heterocycles. The molecule has 0 aliphatic carbocycles. The molecule has 0 saturated carbocycles. The molecule has 7 nitrogen and oxygen atoms in total. The standard InChI is InChI=1S/C13H17ClN4O3/c1-8-2-3-17(7-9(8)5-15)13(19)10-4-12(14)16-6-11(10)18(20)21/h4,6,8-9H,2-3,5,7,15H2,1H3. The molecule has 0 spiro atoms. The zero-order valence-corrected chi connectivity index (χ0v) is 12.4. The molecule has 1 saturated heterocycles. The van der Waals surface area contributed by atoms with Crippen LogP contribution in [0.25, 0.3) is 0 Å².